The summed E-state index contributed by atoms with van der Waals surface area (Å²) in [6, 6.07) is 5.34. The monoisotopic (exact) mass is 219 g/mol. The van der Waals surface area contributed by atoms with Crippen LogP contribution in [0.4, 0.5) is 5.82 Å². The highest BCUT2D eigenvalue weighted by Gasteiger charge is 2.07. The predicted molar refractivity (Wildman–Crippen MR) is 58.9 cm³/mol. The maximum Gasteiger partial charge on any atom is 0.303 e. The van der Waals surface area contributed by atoms with Crippen LogP contribution in [0.15, 0.2) is 18.3 Å². The number of nitriles is 1. The Labute approximate surface area is 93.7 Å². The Bertz CT molecular complexity index is 395. The molecule has 5 heteroatoms. The second kappa shape index (κ2) is 5.71. The summed E-state index contributed by atoms with van der Waals surface area (Å²) >= 11 is 0. The summed E-state index contributed by atoms with van der Waals surface area (Å²) in [5, 5.41) is 20.2. The lowest BCUT2D eigenvalue weighted by Crippen LogP contribution is -2.15. The van der Waals surface area contributed by atoms with E-state index in [1.165, 1.54) is 6.20 Å². The van der Waals surface area contributed by atoms with E-state index in [0.29, 0.717) is 17.9 Å². The number of carbonyl (C=O) groups is 1. The van der Waals surface area contributed by atoms with Crippen LogP contribution in [0.1, 0.15) is 18.9 Å². The predicted octanol–water partition coefficient (Wildman–Crippen LogP) is 1.48. The van der Waals surface area contributed by atoms with Crippen LogP contribution in [0.3, 0.4) is 0 Å². The minimum atomic E-state index is -0.804. The van der Waals surface area contributed by atoms with Gasteiger partial charge >= 0.3 is 5.97 Å². The molecule has 84 valence electrons. The molecule has 1 aromatic heterocycles. The molecule has 0 aromatic carbocycles. The molecule has 0 aliphatic heterocycles. The number of nitrogens with zero attached hydrogens (tertiary/aromatic N) is 2. The van der Waals surface area contributed by atoms with Gasteiger partial charge in [-0.1, -0.05) is 6.92 Å². The molecule has 0 saturated carbocycles. The van der Waals surface area contributed by atoms with Gasteiger partial charge in [-0.2, -0.15) is 5.26 Å². The highest BCUT2D eigenvalue weighted by Crippen LogP contribution is 2.07. The van der Waals surface area contributed by atoms with E-state index >= 15 is 0 Å². The number of aliphatic carboxylic acids is 1. The van der Waals surface area contributed by atoms with Crippen molar-refractivity contribution in [3.05, 3.63) is 23.9 Å². The first kappa shape index (κ1) is 12.0. The van der Waals surface area contributed by atoms with E-state index in [2.05, 4.69) is 10.3 Å². The first-order valence-electron chi connectivity index (χ1n) is 4.93. The Morgan fingerprint density at radius 2 is 2.44 bits per heavy atom. The minimum Gasteiger partial charge on any atom is -0.481 e. The molecule has 1 rings (SSSR count). The van der Waals surface area contributed by atoms with Crippen molar-refractivity contribution in [2.24, 2.45) is 5.92 Å². The molecule has 0 amide bonds. The molecular weight excluding hydrogens is 206 g/mol. The van der Waals surface area contributed by atoms with Crippen LogP contribution in [0.25, 0.3) is 0 Å². The standard InChI is InChI=1S/C11H13N3O2/c1-8(4-11(15)16)6-13-10-3-2-9(5-12)7-14-10/h2-3,7-8H,4,6H2,1H3,(H,13,14)(H,15,16). The van der Waals surface area contributed by atoms with Gasteiger partial charge in [-0.15, -0.1) is 0 Å². The Balaban J connectivity index is 2.43. The molecule has 0 spiro atoms. The van der Waals surface area contributed by atoms with Crippen molar-refractivity contribution < 1.29 is 9.90 Å². The summed E-state index contributed by atoms with van der Waals surface area (Å²) in [6.07, 6.45) is 1.60. The van der Waals surface area contributed by atoms with Crippen molar-refractivity contribution >= 4 is 11.8 Å². The highest BCUT2D eigenvalue weighted by atomic mass is 16.4. The van der Waals surface area contributed by atoms with Gasteiger partial charge in [-0.25, -0.2) is 4.98 Å². The zero-order valence-electron chi connectivity index (χ0n) is 8.97. The SMILES string of the molecule is CC(CNc1ccc(C#N)cn1)CC(=O)O. The van der Waals surface area contributed by atoms with E-state index in [0.717, 1.165) is 0 Å². The molecule has 0 saturated heterocycles. The topological polar surface area (TPSA) is 86.0 Å². The molecule has 1 atom stereocenters. The van der Waals surface area contributed by atoms with Crippen LogP contribution >= 0.6 is 0 Å². The third-order valence-corrected chi connectivity index (χ3v) is 2.05. The molecule has 0 aliphatic rings. The third kappa shape index (κ3) is 3.96. The molecule has 1 heterocycles. The van der Waals surface area contributed by atoms with Gasteiger partial charge in [-0.3, -0.25) is 4.79 Å². The largest absolute Gasteiger partial charge is 0.481 e. The van der Waals surface area contributed by atoms with E-state index in [9.17, 15) is 4.79 Å². The van der Waals surface area contributed by atoms with Crippen molar-refractivity contribution in [1.29, 1.82) is 5.26 Å². The summed E-state index contributed by atoms with van der Waals surface area (Å²) in [4.78, 5) is 14.4. The summed E-state index contributed by atoms with van der Waals surface area (Å²) in [6.45, 7) is 2.40. The Kier molecular flexibility index (Phi) is 4.28. The van der Waals surface area contributed by atoms with E-state index in [1.54, 1.807) is 12.1 Å². The number of carboxylic acid groups (broad SMARTS) is 1. The number of pyridine rings is 1. The van der Waals surface area contributed by atoms with Crippen molar-refractivity contribution in [2.45, 2.75) is 13.3 Å². The van der Waals surface area contributed by atoms with E-state index in [-0.39, 0.29) is 12.3 Å². The zero-order chi connectivity index (χ0) is 12.0. The van der Waals surface area contributed by atoms with Crippen molar-refractivity contribution in [1.82, 2.24) is 4.98 Å². The highest BCUT2D eigenvalue weighted by molar-refractivity contribution is 5.67. The van der Waals surface area contributed by atoms with Gasteiger partial charge in [-0.05, 0) is 18.1 Å². The van der Waals surface area contributed by atoms with Crippen molar-refractivity contribution in [3.63, 3.8) is 0 Å². The molecule has 1 aromatic rings. The molecule has 5 nitrogen and oxygen atoms in total. The maximum atomic E-state index is 10.4. The lowest BCUT2D eigenvalue weighted by molar-refractivity contribution is -0.137. The third-order valence-electron chi connectivity index (χ3n) is 2.05. The minimum absolute atomic E-state index is 0.0370. The summed E-state index contributed by atoms with van der Waals surface area (Å²) in [7, 11) is 0. The number of rotatable bonds is 5. The van der Waals surface area contributed by atoms with Crippen LogP contribution < -0.4 is 5.32 Å². The van der Waals surface area contributed by atoms with Crippen LogP contribution in [-0.4, -0.2) is 22.6 Å². The molecule has 0 fully saturated rings. The van der Waals surface area contributed by atoms with E-state index in [4.69, 9.17) is 10.4 Å². The van der Waals surface area contributed by atoms with Gasteiger partial charge in [0.05, 0.1) is 5.56 Å². The molecule has 1 unspecified atom stereocenters. The number of hydrogen-bond donors (Lipinski definition) is 2. The van der Waals surface area contributed by atoms with Crippen molar-refractivity contribution in [3.8, 4) is 6.07 Å². The maximum absolute atomic E-state index is 10.4. The summed E-state index contributed by atoms with van der Waals surface area (Å²) in [5.74, 6) is -0.117. The van der Waals surface area contributed by atoms with Crippen LogP contribution in [0, 0.1) is 17.2 Å². The van der Waals surface area contributed by atoms with Gasteiger partial charge in [0, 0.05) is 19.2 Å². The average Bonchev–Trinajstić information content (AvgIpc) is 2.26. The number of hydrogen-bond acceptors (Lipinski definition) is 4. The fourth-order valence-electron chi connectivity index (χ4n) is 1.21. The first-order valence-corrected chi connectivity index (χ1v) is 4.93. The normalized spacial score (nSPS) is 11.5. The number of nitrogens with one attached hydrogen (secondary N) is 1. The first-order chi connectivity index (χ1) is 7.61. The van der Waals surface area contributed by atoms with Gasteiger partial charge < -0.3 is 10.4 Å². The van der Waals surface area contributed by atoms with Crippen LogP contribution in [-0.2, 0) is 4.79 Å². The number of carboxylic acids is 1. The zero-order valence-corrected chi connectivity index (χ0v) is 8.97. The molecular formula is C11H13N3O2. The average molecular weight is 219 g/mol. The second-order valence-corrected chi connectivity index (χ2v) is 3.63. The van der Waals surface area contributed by atoms with Gasteiger partial charge in [0.15, 0.2) is 0 Å². The lowest BCUT2D eigenvalue weighted by Gasteiger charge is -2.10. The molecule has 16 heavy (non-hydrogen) atoms. The van der Waals surface area contributed by atoms with Gasteiger partial charge in [0.2, 0.25) is 0 Å². The van der Waals surface area contributed by atoms with Crippen LogP contribution in [0.5, 0.6) is 0 Å². The van der Waals surface area contributed by atoms with Crippen molar-refractivity contribution in [2.75, 3.05) is 11.9 Å². The number of aromatic nitrogens is 1. The Morgan fingerprint density at radius 3 is 2.94 bits per heavy atom. The molecule has 0 radical (unpaired) electrons. The molecule has 2 N–H and O–H groups in total. The smallest absolute Gasteiger partial charge is 0.303 e. The van der Waals surface area contributed by atoms with E-state index < -0.39 is 5.97 Å². The van der Waals surface area contributed by atoms with Gasteiger partial charge in [0.1, 0.15) is 11.9 Å². The quantitative estimate of drug-likeness (QED) is 0.783. The molecule has 0 aliphatic carbocycles. The van der Waals surface area contributed by atoms with Crippen LogP contribution in [0.2, 0.25) is 0 Å². The fraction of sp³-hybridized carbons (Fsp3) is 0.364. The summed E-state index contributed by atoms with van der Waals surface area (Å²) < 4.78 is 0. The molecule has 0 bridgehead atoms. The van der Waals surface area contributed by atoms with E-state index in [1.807, 2.05) is 13.0 Å². The second-order valence-electron chi connectivity index (χ2n) is 3.63. The fourth-order valence-corrected chi connectivity index (χ4v) is 1.21. The number of anilines is 1. The Hall–Kier alpha value is -2.09. The summed E-state index contributed by atoms with van der Waals surface area (Å²) in [5.41, 5.74) is 0.504. The Morgan fingerprint density at radius 1 is 1.69 bits per heavy atom. The lowest BCUT2D eigenvalue weighted by atomic mass is 10.1. The van der Waals surface area contributed by atoms with Gasteiger partial charge in [0.25, 0.3) is 0 Å².